The van der Waals surface area contributed by atoms with E-state index < -0.39 is 10.9 Å². The third-order valence-electron chi connectivity index (χ3n) is 10.8. The van der Waals surface area contributed by atoms with Gasteiger partial charge >= 0.3 is 11.9 Å². The number of halogens is 6. The zero-order valence-electron chi connectivity index (χ0n) is 32.4. The normalized spacial score (nSPS) is 13.4. The Hall–Kier alpha value is -2.35. The second-order valence-corrected chi connectivity index (χ2v) is 25.7. The Morgan fingerprint density at radius 3 is 1.56 bits per heavy atom. The molecule has 10 rings (SSSR count). The van der Waals surface area contributed by atoms with Crippen LogP contribution in [0.15, 0.2) is 172 Å². The predicted molar refractivity (Wildman–Crippen MR) is 308 cm³/mol. The van der Waals surface area contributed by atoms with Crippen LogP contribution in [0.2, 0.25) is 0 Å². The minimum Gasteiger partial charge on any atom is -0.421 e. The summed E-state index contributed by atoms with van der Waals surface area (Å²) in [7, 11) is -0.774. The van der Waals surface area contributed by atoms with Crippen molar-refractivity contribution in [2.75, 3.05) is 0 Å². The van der Waals surface area contributed by atoms with Crippen LogP contribution in [0.1, 0.15) is 31.8 Å². The highest BCUT2D eigenvalue weighted by Gasteiger charge is 2.38. The quantitative estimate of drug-likeness (QED) is 0.0691. The van der Waals surface area contributed by atoms with Gasteiger partial charge in [0.2, 0.25) is 0 Å². The van der Waals surface area contributed by atoms with Gasteiger partial charge in [0.15, 0.2) is 40.5 Å². The summed E-state index contributed by atoms with van der Waals surface area (Å²) < 4.78 is 20.2. The Kier molecular flexibility index (Phi) is 13.2. The molecule has 0 N–H and O–H groups in total. The summed E-state index contributed by atoms with van der Waals surface area (Å²) in [5.74, 6) is 0.449. The Balaban J connectivity index is 0.999. The lowest BCUT2D eigenvalue weighted by Gasteiger charge is -2.20. The third-order valence-corrected chi connectivity index (χ3v) is 19.9. The van der Waals surface area contributed by atoms with Crippen LogP contribution in [0.4, 0.5) is 0 Å². The van der Waals surface area contributed by atoms with Crippen LogP contribution in [0.3, 0.4) is 0 Å². The molecule has 4 nitrogen and oxygen atoms in total. The largest absolute Gasteiger partial charge is 0.421 e. The maximum absolute atomic E-state index is 13.4. The van der Waals surface area contributed by atoms with Crippen LogP contribution < -0.4 is 9.47 Å². The van der Waals surface area contributed by atoms with Gasteiger partial charge in [-0.25, -0.2) is 9.59 Å². The predicted octanol–water partition coefficient (Wildman–Crippen LogP) is 16.5. The highest BCUT2D eigenvalue weighted by Crippen LogP contribution is 2.50. The van der Waals surface area contributed by atoms with E-state index in [4.69, 9.17) is 9.47 Å². The van der Waals surface area contributed by atoms with Crippen molar-refractivity contribution in [2.24, 2.45) is 0 Å². The van der Waals surface area contributed by atoms with E-state index in [1.165, 1.54) is 41.1 Å². The van der Waals surface area contributed by atoms with Crippen LogP contribution in [0.25, 0.3) is 36.2 Å². The average molecular weight is 1530 g/mol. The van der Waals surface area contributed by atoms with Gasteiger partial charge in [-0.15, -0.1) is 0 Å². The number of esters is 2. The lowest BCUT2D eigenvalue weighted by atomic mass is 9.99. The molecule has 1 aliphatic rings. The lowest BCUT2D eigenvalue weighted by molar-refractivity contribution is 0.0722. The number of carbonyl (C=O) groups excluding carboxylic acids is 2. The van der Waals surface area contributed by atoms with Gasteiger partial charge in [-0.3, -0.25) is 0 Å². The number of carbonyl (C=O) groups is 2. The summed E-state index contributed by atoms with van der Waals surface area (Å²) >= 11 is 13.5. The van der Waals surface area contributed by atoms with Crippen molar-refractivity contribution >= 4 is 189 Å². The van der Waals surface area contributed by atoms with Crippen LogP contribution in [0.5, 0.6) is 11.5 Å². The van der Waals surface area contributed by atoms with Crippen molar-refractivity contribution in [3.8, 4) is 27.5 Å². The van der Waals surface area contributed by atoms with Crippen molar-refractivity contribution < 1.29 is 19.1 Å². The van der Waals surface area contributed by atoms with Crippen LogP contribution >= 0.6 is 146 Å². The molecule has 0 amide bonds. The Morgan fingerprint density at radius 2 is 0.937 bits per heavy atom. The SMILES string of the molecule is O=C(Oc1c(I)cc(I)cc1I)c1ccc([S+]2c3ccccc3Cc3ccc(-c4ccc5c6ccccc6[s+](-c6ccc(C(=O)Oc7c(I)cc(I)cc7I)cc6)c5c4)cc32)cc1. The maximum Gasteiger partial charge on any atom is 0.343 e. The third kappa shape index (κ3) is 8.85. The van der Waals surface area contributed by atoms with E-state index in [-0.39, 0.29) is 22.4 Å². The van der Waals surface area contributed by atoms with Crippen molar-refractivity contribution in [3.63, 3.8) is 0 Å². The summed E-state index contributed by atoms with van der Waals surface area (Å²) in [4.78, 5) is 31.7. The fourth-order valence-electron chi connectivity index (χ4n) is 7.84. The number of hydrogen-bond acceptors (Lipinski definition) is 4. The molecule has 1 aliphatic heterocycles. The first-order valence-electron chi connectivity index (χ1n) is 19.4. The molecule has 63 heavy (non-hydrogen) atoms. The molecule has 8 aromatic carbocycles. The van der Waals surface area contributed by atoms with E-state index in [0.29, 0.717) is 22.6 Å². The molecule has 9 aromatic rings. The Labute approximate surface area is 451 Å². The standard InChI is InChI=1S/C51H28I6O4S2/c52-34-24-40(54)48(41(55)25-34)60-50(58)28-11-16-36(17-12-28)62-44-7-3-1-5-32(44)21-33-10-9-30(22-46(33)62)31-15-20-39-38-6-2-4-8-45(38)63(47(39)23-31)37-18-13-29(14-19-37)51(59)61-49-42(56)26-35(53)27-43(49)57/h1-20,22-27H,21H2/q+2. The Morgan fingerprint density at radius 1 is 0.444 bits per heavy atom. The van der Waals surface area contributed by atoms with Crippen molar-refractivity contribution in [1.29, 1.82) is 0 Å². The monoisotopic (exact) mass is 1530 g/mol. The molecule has 0 spiro atoms. The van der Waals surface area contributed by atoms with Gasteiger partial charge in [0.1, 0.15) is 0 Å². The molecular formula is C51H28I6O4S2+2. The summed E-state index contributed by atoms with van der Waals surface area (Å²) in [5.41, 5.74) is 5.98. The van der Waals surface area contributed by atoms with Crippen molar-refractivity contribution in [1.82, 2.24) is 0 Å². The van der Waals surface area contributed by atoms with E-state index in [1.807, 2.05) is 48.5 Å². The smallest absolute Gasteiger partial charge is 0.343 e. The molecule has 2 atom stereocenters. The number of fused-ring (bicyclic) bond motifs is 5. The summed E-state index contributed by atoms with van der Waals surface area (Å²) in [6.45, 7) is 0. The van der Waals surface area contributed by atoms with E-state index >= 15 is 0 Å². The van der Waals surface area contributed by atoms with Gasteiger partial charge in [0.05, 0.1) is 36.3 Å². The molecule has 0 bridgehead atoms. The average Bonchev–Trinajstić information content (AvgIpc) is 3.61. The first kappa shape index (κ1) is 44.5. The van der Waals surface area contributed by atoms with E-state index in [1.54, 1.807) is 0 Å². The molecule has 0 radical (unpaired) electrons. The highest BCUT2D eigenvalue weighted by atomic mass is 127. The molecule has 308 valence electrons. The first-order valence-corrected chi connectivity index (χ1v) is 28.3. The topological polar surface area (TPSA) is 52.6 Å². The van der Waals surface area contributed by atoms with E-state index in [9.17, 15) is 9.59 Å². The first-order chi connectivity index (χ1) is 30.5. The second-order valence-electron chi connectivity index (χ2n) is 14.7. The number of thiophene rings is 1. The molecule has 2 unspecified atom stereocenters. The summed E-state index contributed by atoms with van der Waals surface area (Å²) in [6.07, 6.45) is 0.864. The van der Waals surface area contributed by atoms with Crippen molar-refractivity contribution in [2.45, 2.75) is 21.1 Å². The highest BCUT2D eigenvalue weighted by molar-refractivity contribution is 14.1. The molecule has 0 saturated carbocycles. The maximum atomic E-state index is 13.4. The Bertz CT molecular complexity index is 3280. The van der Waals surface area contributed by atoms with E-state index in [0.717, 1.165) is 48.8 Å². The minimum absolute atomic E-state index is 0.368. The molecular weight excluding hydrogens is 1500 g/mol. The molecule has 2 heterocycles. The van der Waals surface area contributed by atoms with Crippen LogP contribution in [-0.4, -0.2) is 11.9 Å². The summed E-state index contributed by atoms with van der Waals surface area (Å²) in [5, 5.41) is 2.48. The van der Waals surface area contributed by atoms with E-state index in [2.05, 4.69) is 245 Å². The molecule has 0 saturated heterocycles. The van der Waals surface area contributed by atoms with Crippen LogP contribution in [-0.2, 0) is 17.3 Å². The summed E-state index contributed by atoms with van der Waals surface area (Å²) in [6, 6.07) is 55.2. The van der Waals surface area contributed by atoms with Gasteiger partial charge < -0.3 is 9.47 Å². The zero-order chi connectivity index (χ0) is 43.5. The van der Waals surface area contributed by atoms with Gasteiger partial charge in [-0.2, -0.15) is 0 Å². The molecule has 12 heteroatoms. The molecule has 0 fully saturated rings. The number of ether oxygens (including phenoxy) is 2. The van der Waals surface area contributed by atoms with Gasteiger partial charge in [0, 0.05) is 58.1 Å². The number of rotatable bonds is 7. The zero-order valence-corrected chi connectivity index (χ0v) is 47.0. The lowest BCUT2D eigenvalue weighted by Crippen LogP contribution is -2.16. The fraction of sp³-hybridized carbons (Fsp3) is 0.0196. The van der Waals surface area contributed by atoms with Crippen molar-refractivity contribution in [3.05, 3.63) is 201 Å². The minimum atomic E-state index is -0.396. The van der Waals surface area contributed by atoms with Gasteiger partial charge in [-0.05, 0) is 244 Å². The molecule has 1 aromatic heterocycles. The molecule has 0 aliphatic carbocycles. The second kappa shape index (κ2) is 18.7. The van der Waals surface area contributed by atoms with Gasteiger partial charge in [0.25, 0.3) is 0 Å². The van der Waals surface area contributed by atoms with Crippen LogP contribution in [0, 0.1) is 21.4 Å². The number of hydrogen-bond donors (Lipinski definition) is 0. The fourth-order valence-corrected chi connectivity index (χ4v) is 20.3. The van der Waals surface area contributed by atoms with Gasteiger partial charge in [-0.1, -0.05) is 48.5 Å². The number of benzene rings is 8.